The largest absolute Gasteiger partial charge is 0.495 e. The normalized spacial score (nSPS) is 16.1. The summed E-state index contributed by atoms with van der Waals surface area (Å²) in [6, 6.07) is 5.40. The van der Waals surface area contributed by atoms with E-state index < -0.39 is 10.0 Å². The van der Waals surface area contributed by atoms with Crippen LogP contribution >= 0.6 is 22.9 Å². The molecule has 1 fully saturated rings. The van der Waals surface area contributed by atoms with Crippen molar-refractivity contribution in [1.29, 1.82) is 0 Å². The Morgan fingerprint density at radius 2 is 2.11 bits per heavy atom. The molecule has 0 spiro atoms. The number of hydrogen-bond donors (Lipinski definition) is 1. The molecule has 0 unspecified atom stereocenters. The summed E-state index contributed by atoms with van der Waals surface area (Å²) in [6.07, 6.45) is 1.02. The third-order valence-electron chi connectivity index (χ3n) is 4.76. The van der Waals surface area contributed by atoms with Crippen LogP contribution in [0.3, 0.4) is 0 Å². The second-order valence-corrected chi connectivity index (χ2v) is 9.97. The van der Waals surface area contributed by atoms with Crippen molar-refractivity contribution in [3.8, 4) is 17.0 Å². The first kappa shape index (κ1) is 21.0. The lowest BCUT2D eigenvalue weighted by Crippen LogP contribution is -2.42. The van der Waals surface area contributed by atoms with E-state index in [1.807, 2.05) is 11.4 Å². The van der Waals surface area contributed by atoms with E-state index >= 15 is 0 Å². The van der Waals surface area contributed by atoms with Gasteiger partial charge in [0.2, 0.25) is 15.9 Å². The van der Waals surface area contributed by atoms with Crippen LogP contribution in [0.25, 0.3) is 11.3 Å². The number of sulfonamides is 1. The molecule has 1 aromatic heterocycles. The molecular formula is C18H22ClN3O4S2. The third-order valence-corrected chi connectivity index (χ3v) is 7.70. The zero-order valence-corrected chi connectivity index (χ0v) is 18.0. The monoisotopic (exact) mass is 443 g/mol. The molecule has 1 saturated heterocycles. The van der Waals surface area contributed by atoms with Crippen LogP contribution < -0.4 is 10.1 Å². The van der Waals surface area contributed by atoms with E-state index in [0.717, 1.165) is 5.56 Å². The van der Waals surface area contributed by atoms with Crippen molar-refractivity contribution in [2.24, 2.45) is 5.92 Å². The fraction of sp³-hybridized carbons (Fsp3) is 0.444. The molecule has 0 radical (unpaired) electrons. The number of carbonyl (C=O) groups excluding carboxylic acids is 1. The molecule has 0 aliphatic carbocycles. The summed E-state index contributed by atoms with van der Waals surface area (Å²) in [5.41, 5.74) is 1.55. The maximum atomic E-state index is 12.5. The minimum atomic E-state index is -3.19. The van der Waals surface area contributed by atoms with Crippen molar-refractivity contribution >= 4 is 44.0 Å². The molecule has 2 heterocycles. The Morgan fingerprint density at radius 1 is 1.39 bits per heavy atom. The number of nitrogens with one attached hydrogen (secondary N) is 1. The number of nitrogens with zero attached hydrogens (tertiary/aromatic N) is 2. The molecule has 1 aromatic carbocycles. The summed E-state index contributed by atoms with van der Waals surface area (Å²) < 4.78 is 30.5. The molecule has 10 heteroatoms. The number of methoxy groups -OCH3 is 1. The van der Waals surface area contributed by atoms with Gasteiger partial charge in [-0.1, -0.05) is 11.6 Å². The molecule has 0 bridgehead atoms. The van der Waals surface area contributed by atoms with Crippen LogP contribution in [0.1, 0.15) is 19.8 Å². The zero-order valence-electron chi connectivity index (χ0n) is 15.6. The molecule has 0 saturated carbocycles. The average Bonchev–Trinajstić information content (AvgIpc) is 3.16. The number of hydrogen-bond acceptors (Lipinski definition) is 6. The summed E-state index contributed by atoms with van der Waals surface area (Å²) >= 11 is 7.50. The highest BCUT2D eigenvalue weighted by Gasteiger charge is 2.30. The van der Waals surface area contributed by atoms with Gasteiger partial charge in [-0.15, -0.1) is 11.3 Å². The minimum absolute atomic E-state index is 0.0845. The molecule has 3 rings (SSSR count). The van der Waals surface area contributed by atoms with Gasteiger partial charge in [-0.2, -0.15) is 0 Å². The van der Waals surface area contributed by atoms with Crippen LogP contribution in [0, 0.1) is 5.92 Å². The Morgan fingerprint density at radius 3 is 2.71 bits per heavy atom. The molecular weight excluding hydrogens is 422 g/mol. The fourth-order valence-corrected chi connectivity index (χ4v) is 5.19. The van der Waals surface area contributed by atoms with E-state index in [4.69, 9.17) is 16.3 Å². The number of thiazole rings is 1. The Hall–Kier alpha value is -1.68. The van der Waals surface area contributed by atoms with E-state index in [9.17, 15) is 13.2 Å². The van der Waals surface area contributed by atoms with Gasteiger partial charge in [-0.25, -0.2) is 17.7 Å². The number of anilines is 1. The van der Waals surface area contributed by atoms with Gasteiger partial charge in [0.25, 0.3) is 0 Å². The van der Waals surface area contributed by atoms with E-state index in [2.05, 4.69) is 10.3 Å². The summed E-state index contributed by atoms with van der Waals surface area (Å²) in [6.45, 7) is 2.38. The van der Waals surface area contributed by atoms with E-state index in [1.165, 1.54) is 15.6 Å². The predicted molar refractivity (Wildman–Crippen MR) is 111 cm³/mol. The molecule has 0 atom stereocenters. The van der Waals surface area contributed by atoms with Crippen LogP contribution in [-0.4, -0.2) is 49.6 Å². The number of halogens is 1. The lowest BCUT2D eigenvalue weighted by atomic mass is 9.97. The maximum Gasteiger partial charge on any atom is 0.229 e. The third kappa shape index (κ3) is 4.65. The van der Waals surface area contributed by atoms with Crippen LogP contribution in [-0.2, 0) is 14.8 Å². The van der Waals surface area contributed by atoms with E-state index in [0.29, 0.717) is 47.5 Å². The SMILES string of the molecule is CCS(=O)(=O)N1CCC(C(=O)Nc2nc(-c3ccc(OC)c(Cl)c3)cs2)CC1. The summed E-state index contributed by atoms with van der Waals surface area (Å²) in [4.78, 5) is 17.0. The Kier molecular flexibility index (Phi) is 6.59. The number of rotatable bonds is 6. The second-order valence-electron chi connectivity index (χ2n) is 6.45. The summed E-state index contributed by atoms with van der Waals surface area (Å²) in [5, 5.41) is 5.70. The topological polar surface area (TPSA) is 88.6 Å². The number of benzene rings is 1. The molecule has 28 heavy (non-hydrogen) atoms. The van der Waals surface area contributed by atoms with Crippen molar-refractivity contribution < 1.29 is 17.9 Å². The summed E-state index contributed by atoms with van der Waals surface area (Å²) in [5.74, 6) is 0.333. The zero-order chi connectivity index (χ0) is 20.3. The summed E-state index contributed by atoms with van der Waals surface area (Å²) in [7, 11) is -1.64. The van der Waals surface area contributed by atoms with Gasteiger partial charge in [0.05, 0.1) is 23.6 Å². The molecule has 152 valence electrons. The first-order valence-corrected chi connectivity index (χ1v) is 11.8. The second kappa shape index (κ2) is 8.77. The average molecular weight is 444 g/mol. The maximum absolute atomic E-state index is 12.5. The molecule has 1 N–H and O–H groups in total. The fourth-order valence-electron chi connectivity index (χ4n) is 3.08. The van der Waals surface area contributed by atoms with Gasteiger partial charge in [0.1, 0.15) is 5.75 Å². The molecule has 7 nitrogen and oxygen atoms in total. The number of carbonyl (C=O) groups is 1. The van der Waals surface area contributed by atoms with Gasteiger partial charge < -0.3 is 10.1 Å². The van der Waals surface area contributed by atoms with Crippen LogP contribution in [0.2, 0.25) is 5.02 Å². The smallest absolute Gasteiger partial charge is 0.229 e. The van der Waals surface area contributed by atoms with Gasteiger partial charge >= 0.3 is 0 Å². The predicted octanol–water partition coefficient (Wildman–Crippen LogP) is 3.47. The van der Waals surface area contributed by atoms with E-state index in [1.54, 1.807) is 26.2 Å². The molecule has 2 aromatic rings. The molecule has 1 aliphatic heterocycles. The Labute approximate surface area is 173 Å². The molecule has 1 aliphatic rings. The first-order valence-electron chi connectivity index (χ1n) is 8.92. The van der Waals surface area contributed by atoms with E-state index in [-0.39, 0.29) is 17.6 Å². The van der Waals surface area contributed by atoms with Crippen molar-refractivity contribution in [2.45, 2.75) is 19.8 Å². The standard InChI is InChI=1S/C18H22ClN3O4S2/c1-3-28(24,25)22-8-6-12(7-9-22)17(23)21-18-20-15(11-27-18)13-4-5-16(26-2)14(19)10-13/h4-5,10-12H,3,6-9H2,1-2H3,(H,20,21,23). The van der Waals surface area contributed by atoms with Crippen LogP contribution in [0.15, 0.2) is 23.6 Å². The van der Waals surface area contributed by atoms with Gasteiger partial charge in [0.15, 0.2) is 5.13 Å². The van der Waals surface area contributed by atoms with Gasteiger partial charge in [0, 0.05) is 30.0 Å². The Balaban J connectivity index is 1.61. The number of piperidine rings is 1. The highest BCUT2D eigenvalue weighted by Crippen LogP contribution is 2.32. The van der Waals surface area contributed by atoms with Gasteiger partial charge in [-0.3, -0.25) is 4.79 Å². The number of amides is 1. The van der Waals surface area contributed by atoms with Crippen molar-refractivity contribution in [3.05, 3.63) is 28.6 Å². The van der Waals surface area contributed by atoms with Crippen molar-refractivity contribution in [2.75, 3.05) is 31.3 Å². The van der Waals surface area contributed by atoms with Gasteiger partial charge in [-0.05, 0) is 38.0 Å². The lowest BCUT2D eigenvalue weighted by Gasteiger charge is -2.30. The first-order chi connectivity index (χ1) is 13.3. The lowest BCUT2D eigenvalue weighted by molar-refractivity contribution is -0.120. The van der Waals surface area contributed by atoms with Crippen molar-refractivity contribution in [1.82, 2.24) is 9.29 Å². The number of ether oxygens (including phenoxy) is 1. The highest BCUT2D eigenvalue weighted by molar-refractivity contribution is 7.89. The molecule has 1 amide bonds. The quantitative estimate of drug-likeness (QED) is 0.738. The number of aromatic nitrogens is 1. The minimum Gasteiger partial charge on any atom is -0.495 e. The van der Waals surface area contributed by atoms with Crippen LogP contribution in [0.5, 0.6) is 5.75 Å². The van der Waals surface area contributed by atoms with Crippen LogP contribution in [0.4, 0.5) is 5.13 Å². The Bertz CT molecular complexity index is 953. The highest BCUT2D eigenvalue weighted by atomic mass is 35.5. The van der Waals surface area contributed by atoms with Crippen molar-refractivity contribution in [3.63, 3.8) is 0 Å².